The summed E-state index contributed by atoms with van der Waals surface area (Å²) in [5.74, 6) is -0.148. The number of benzene rings is 3. The highest BCUT2D eigenvalue weighted by atomic mass is 19.4. The number of rotatable bonds is 5. The van der Waals surface area contributed by atoms with Gasteiger partial charge in [-0.05, 0) is 54.6 Å². The number of nitrogens with one attached hydrogen (secondary N) is 1. The van der Waals surface area contributed by atoms with E-state index in [1.807, 2.05) is 0 Å². The number of aromatic hydroxyl groups is 1. The quantitative estimate of drug-likeness (QED) is 0.593. The summed E-state index contributed by atoms with van der Waals surface area (Å²) in [6.07, 6.45) is -4.60. The summed E-state index contributed by atoms with van der Waals surface area (Å²) in [6.45, 7) is 0. The van der Waals surface area contributed by atoms with Gasteiger partial charge in [-0.1, -0.05) is 12.1 Å². The monoisotopic (exact) mass is 403 g/mol. The van der Waals surface area contributed by atoms with Crippen molar-refractivity contribution < 1.29 is 32.5 Å². The molecular weight excluding hydrogens is 387 g/mol. The van der Waals surface area contributed by atoms with Crippen LogP contribution >= 0.6 is 0 Å². The molecule has 0 aliphatic heterocycles. The molecule has 3 aromatic rings. The van der Waals surface area contributed by atoms with Crippen LogP contribution in [0.4, 0.5) is 18.9 Å². The third-order valence-corrected chi connectivity index (χ3v) is 3.99. The number of para-hydroxylation sites is 1. The largest absolute Gasteiger partial charge is 0.507 e. The highest BCUT2D eigenvalue weighted by Gasteiger charge is 2.31. The van der Waals surface area contributed by atoms with E-state index in [1.165, 1.54) is 31.4 Å². The first kappa shape index (κ1) is 20.1. The van der Waals surface area contributed by atoms with E-state index in [2.05, 4.69) is 5.32 Å². The molecule has 3 aromatic carbocycles. The molecule has 3 rings (SSSR count). The van der Waals surface area contributed by atoms with Crippen molar-refractivity contribution in [3.63, 3.8) is 0 Å². The van der Waals surface area contributed by atoms with Crippen molar-refractivity contribution in [3.05, 3.63) is 77.9 Å². The highest BCUT2D eigenvalue weighted by molar-refractivity contribution is 6.06. The molecule has 1 amide bonds. The van der Waals surface area contributed by atoms with Gasteiger partial charge in [0.2, 0.25) is 0 Å². The molecule has 0 fully saturated rings. The molecule has 0 aliphatic rings. The topological polar surface area (TPSA) is 67.8 Å². The third kappa shape index (κ3) is 4.78. The van der Waals surface area contributed by atoms with Crippen LogP contribution in [0.1, 0.15) is 15.9 Å². The van der Waals surface area contributed by atoms with E-state index in [0.717, 1.165) is 18.2 Å². The van der Waals surface area contributed by atoms with Gasteiger partial charge in [-0.15, -0.1) is 0 Å². The Morgan fingerprint density at radius 3 is 2.24 bits per heavy atom. The lowest BCUT2D eigenvalue weighted by Crippen LogP contribution is -2.14. The molecule has 0 saturated heterocycles. The summed E-state index contributed by atoms with van der Waals surface area (Å²) in [4.78, 5) is 12.5. The summed E-state index contributed by atoms with van der Waals surface area (Å²) in [5, 5.41) is 12.2. The summed E-state index contributed by atoms with van der Waals surface area (Å²) >= 11 is 0. The van der Waals surface area contributed by atoms with Crippen molar-refractivity contribution in [2.24, 2.45) is 0 Å². The number of halogens is 3. The number of phenols is 1. The first-order valence-corrected chi connectivity index (χ1v) is 8.40. The molecule has 8 heteroatoms. The number of anilines is 1. The van der Waals surface area contributed by atoms with Crippen LogP contribution < -0.4 is 14.8 Å². The van der Waals surface area contributed by atoms with Crippen LogP contribution in [0.15, 0.2) is 66.7 Å². The van der Waals surface area contributed by atoms with E-state index in [9.17, 15) is 23.1 Å². The normalized spacial score (nSPS) is 11.0. The lowest BCUT2D eigenvalue weighted by molar-refractivity contribution is -0.137. The third-order valence-electron chi connectivity index (χ3n) is 3.99. The zero-order valence-electron chi connectivity index (χ0n) is 15.2. The number of hydrogen-bond acceptors (Lipinski definition) is 4. The molecule has 0 atom stereocenters. The van der Waals surface area contributed by atoms with Crippen LogP contribution in [0.5, 0.6) is 23.0 Å². The van der Waals surface area contributed by atoms with Gasteiger partial charge in [0.25, 0.3) is 5.91 Å². The number of amides is 1. The van der Waals surface area contributed by atoms with E-state index >= 15 is 0 Å². The molecule has 0 saturated carbocycles. The number of hydrogen-bond donors (Lipinski definition) is 2. The molecular formula is C21H16F3NO4. The minimum Gasteiger partial charge on any atom is -0.507 e. The van der Waals surface area contributed by atoms with Gasteiger partial charge in [0, 0.05) is 0 Å². The van der Waals surface area contributed by atoms with Crippen LogP contribution in [0, 0.1) is 0 Å². The Hall–Kier alpha value is -3.68. The Kier molecular flexibility index (Phi) is 5.63. The lowest BCUT2D eigenvalue weighted by atomic mass is 10.1. The van der Waals surface area contributed by atoms with Crippen molar-refractivity contribution in [2.75, 3.05) is 12.4 Å². The van der Waals surface area contributed by atoms with Gasteiger partial charge in [0.05, 0.1) is 23.9 Å². The summed E-state index contributed by atoms with van der Waals surface area (Å²) in [5.41, 5.74) is -1.23. The number of alkyl halides is 3. The second-order valence-electron chi connectivity index (χ2n) is 5.96. The molecule has 0 heterocycles. The SMILES string of the molecule is COc1ccc(Oc2ccc(C(F)(F)F)cc2NC(=O)c2ccccc2O)cc1. The summed E-state index contributed by atoms with van der Waals surface area (Å²) in [7, 11) is 1.50. The Morgan fingerprint density at radius 2 is 1.62 bits per heavy atom. The average Bonchev–Trinajstić information content (AvgIpc) is 2.69. The van der Waals surface area contributed by atoms with Crippen molar-refractivity contribution in [2.45, 2.75) is 6.18 Å². The summed E-state index contributed by atoms with van der Waals surface area (Å²) < 4.78 is 50.1. The van der Waals surface area contributed by atoms with Gasteiger partial charge in [0.15, 0.2) is 5.75 Å². The van der Waals surface area contributed by atoms with Gasteiger partial charge in [-0.3, -0.25) is 4.79 Å². The molecule has 5 nitrogen and oxygen atoms in total. The molecule has 0 aliphatic carbocycles. The summed E-state index contributed by atoms with van der Waals surface area (Å²) in [6, 6.07) is 14.8. The molecule has 29 heavy (non-hydrogen) atoms. The van der Waals surface area contributed by atoms with Crippen LogP contribution in [0.25, 0.3) is 0 Å². The van der Waals surface area contributed by atoms with Gasteiger partial charge in [0.1, 0.15) is 17.2 Å². The second kappa shape index (κ2) is 8.14. The fourth-order valence-electron chi connectivity index (χ4n) is 2.52. The Bertz CT molecular complexity index is 1020. The van der Waals surface area contributed by atoms with E-state index in [0.29, 0.717) is 11.5 Å². The van der Waals surface area contributed by atoms with Crippen molar-refractivity contribution in [3.8, 4) is 23.0 Å². The van der Waals surface area contributed by atoms with Crippen molar-refractivity contribution in [1.82, 2.24) is 0 Å². The van der Waals surface area contributed by atoms with Gasteiger partial charge < -0.3 is 19.9 Å². The fraction of sp³-hybridized carbons (Fsp3) is 0.0952. The highest BCUT2D eigenvalue weighted by Crippen LogP contribution is 2.37. The number of carbonyl (C=O) groups excluding carboxylic acids is 1. The smallest absolute Gasteiger partial charge is 0.416 e. The van der Waals surface area contributed by atoms with Crippen molar-refractivity contribution >= 4 is 11.6 Å². The number of phenolic OH excluding ortho intramolecular Hbond substituents is 1. The van der Waals surface area contributed by atoms with Gasteiger partial charge in [-0.25, -0.2) is 0 Å². The molecule has 2 N–H and O–H groups in total. The molecule has 150 valence electrons. The Labute approximate surface area is 164 Å². The molecule has 0 unspecified atom stereocenters. The fourth-order valence-corrected chi connectivity index (χ4v) is 2.52. The first-order chi connectivity index (χ1) is 13.8. The maximum atomic E-state index is 13.1. The zero-order valence-corrected chi connectivity index (χ0v) is 15.2. The molecule has 0 radical (unpaired) electrons. The predicted octanol–water partition coefficient (Wildman–Crippen LogP) is 5.46. The van der Waals surface area contributed by atoms with Crippen LogP contribution in [0.2, 0.25) is 0 Å². The lowest BCUT2D eigenvalue weighted by Gasteiger charge is -2.16. The molecule has 0 spiro atoms. The number of ether oxygens (including phenoxy) is 2. The average molecular weight is 403 g/mol. The number of carbonyl (C=O) groups is 1. The van der Waals surface area contributed by atoms with Crippen LogP contribution in [-0.4, -0.2) is 18.1 Å². The maximum Gasteiger partial charge on any atom is 0.416 e. The van der Waals surface area contributed by atoms with Crippen LogP contribution in [-0.2, 0) is 6.18 Å². The van der Waals surface area contributed by atoms with Crippen molar-refractivity contribution in [1.29, 1.82) is 0 Å². The maximum absolute atomic E-state index is 13.1. The predicted molar refractivity (Wildman–Crippen MR) is 101 cm³/mol. The Balaban J connectivity index is 1.95. The minimum atomic E-state index is -4.60. The Morgan fingerprint density at radius 1 is 0.966 bits per heavy atom. The zero-order chi connectivity index (χ0) is 21.0. The van der Waals surface area contributed by atoms with E-state index < -0.39 is 17.6 Å². The minimum absolute atomic E-state index is 0.00642. The van der Waals surface area contributed by atoms with Gasteiger partial charge in [-0.2, -0.15) is 13.2 Å². The van der Waals surface area contributed by atoms with E-state index in [4.69, 9.17) is 9.47 Å². The first-order valence-electron chi connectivity index (χ1n) is 8.40. The standard InChI is InChI=1S/C21H16F3NO4/c1-28-14-7-9-15(10-8-14)29-19-11-6-13(21(22,23)24)12-17(19)25-20(27)16-4-2-3-5-18(16)26/h2-12,26H,1H3,(H,25,27). The number of methoxy groups -OCH3 is 1. The van der Waals surface area contributed by atoms with Gasteiger partial charge >= 0.3 is 6.18 Å². The second-order valence-corrected chi connectivity index (χ2v) is 5.96. The molecule has 0 bridgehead atoms. The molecule has 0 aromatic heterocycles. The van der Waals surface area contributed by atoms with E-state index in [-0.39, 0.29) is 22.7 Å². The van der Waals surface area contributed by atoms with E-state index in [1.54, 1.807) is 24.3 Å². The van der Waals surface area contributed by atoms with Crippen LogP contribution in [0.3, 0.4) is 0 Å².